The molecule has 0 aromatic heterocycles. The monoisotopic (exact) mass is 730 g/mol. The van der Waals surface area contributed by atoms with Crippen LogP contribution in [0.1, 0.15) is 103 Å². The number of fused-ring (bicyclic) bond motifs is 2. The van der Waals surface area contributed by atoms with Gasteiger partial charge >= 0.3 is 41.9 Å². The van der Waals surface area contributed by atoms with Crippen molar-refractivity contribution >= 4 is 27.0 Å². The molecule has 0 unspecified atom stereocenters. The van der Waals surface area contributed by atoms with E-state index in [1.54, 1.807) is 29.4 Å². The minimum Gasteiger partial charge on any atom is -1.00 e. The molecule has 0 saturated heterocycles. The first kappa shape index (κ1) is 42.1. The predicted octanol–water partition coefficient (Wildman–Crippen LogP) is 8.51. The third-order valence-electron chi connectivity index (χ3n) is 8.03. The van der Waals surface area contributed by atoms with Gasteiger partial charge in [0.1, 0.15) is 0 Å². The molecular weight excluding hydrogens is 675 g/mol. The molecule has 0 spiro atoms. The summed E-state index contributed by atoms with van der Waals surface area (Å²) in [7, 11) is 0. The Morgan fingerprint density at radius 1 is 0.630 bits per heavy atom. The molecule has 0 N–H and O–H groups in total. The molecule has 0 aliphatic carbocycles. The van der Waals surface area contributed by atoms with Crippen LogP contribution in [0.3, 0.4) is 0 Å². The summed E-state index contributed by atoms with van der Waals surface area (Å²) < 4.78 is 0. The van der Waals surface area contributed by atoms with Gasteiger partial charge < -0.3 is 17.5 Å². The van der Waals surface area contributed by atoms with Crippen molar-refractivity contribution in [1.82, 2.24) is 0 Å². The Balaban J connectivity index is 0.000000323. The second kappa shape index (κ2) is 19.2. The molecule has 5 aromatic rings. The molecule has 0 fully saturated rings. The maximum atomic E-state index is 11.7. The summed E-state index contributed by atoms with van der Waals surface area (Å²) in [6, 6.07) is 28.1. The molecule has 0 aliphatic rings. The predicted molar refractivity (Wildman–Crippen MR) is 197 cm³/mol. The molecule has 0 heterocycles. The van der Waals surface area contributed by atoms with Gasteiger partial charge in [-0.3, -0.25) is 0 Å². The van der Waals surface area contributed by atoms with Crippen molar-refractivity contribution < 1.29 is 40.8 Å². The molecule has 0 bridgehead atoms. The average Bonchev–Trinajstić information content (AvgIpc) is 3.60. The van der Waals surface area contributed by atoms with E-state index in [2.05, 4.69) is 149 Å². The Labute approximate surface area is 302 Å². The quantitative estimate of drug-likeness (QED) is 0.134. The zero-order valence-corrected chi connectivity index (χ0v) is 34.8. The van der Waals surface area contributed by atoms with Gasteiger partial charge in [0.15, 0.2) is 0 Å². The van der Waals surface area contributed by atoms with E-state index < -0.39 is 0 Å². The van der Waals surface area contributed by atoms with Crippen LogP contribution < -0.4 is 17.5 Å². The maximum absolute atomic E-state index is 11.7. The summed E-state index contributed by atoms with van der Waals surface area (Å²) in [5, 5.41) is 17.4. The van der Waals surface area contributed by atoms with Crippen LogP contribution in [-0.4, -0.2) is 5.43 Å². The van der Waals surface area contributed by atoms with E-state index in [1.165, 1.54) is 49.4 Å². The smallest absolute Gasteiger partial charge is 1.00 e. The Morgan fingerprint density at radius 3 is 1.37 bits per heavy atom. The summed E-state index contributed by atoms with van der Waals surface area (Å²) in [5.74, 6) is 0.149. The first-order chi connectivity index (χ1) is 21.0. The maximum Gasteiger partial charge on any atom is -1.00 e. The van der Waals surface area contributed by atoms with Gasteiger partial charge in [-0.1, -0.05) is 116 Å². The number of rotatable bonds is 4. The van der Waals surface area contributed by atoms with E-state index in [1.807, 2.05) is 6.07 Å². The van der Waals surface area contributed by atoms with Crippen LogP contribution in [0.15, 0.2) is 78.9 Å². The third-order valence-corrected chi connectivity index (χ3v) is 8.03. The van der Waals surface area contributed by atoms with Crippen LogP contribution in [0.4, 0.5) is 0 Å². The Kier molecular flexibility index (Phi) is 17.5. The van der Waals surface area contributed by atoms with Crippen LogP contribution in [0.2, 0.25) is 13.1 Å². The van der Waals surface area contributed by atoms with Gasteiger partial charge in [0.2, 0.25) is 0 Å². The SMILES string of the molecule is CC(C)(C)c1ccc([O-])c(C(C)(C)C)c1.CCc1cc2c(CC)cccc2[cH-]1.CCc1cc2c(CC)cccc2[cH-]1.C[Si](C)=[Zr+2].[Cl-]. The zero-order valence-electron chi connectivity index (χ0n) is 30.6. The molecular formula is C42H57ClOSiZr-2. The first-order valence-electron chi connectivity index (χ1n) is 16.7. The summed E-state index contributed by atoms with van der Waals surface area (Å²) >= 11 is 1.74. The minimum absolute atomic E-state index is 0. The number of hydrogen-bond donors (Lipinski definition) is 0. The van der Waals surface area contributed by atoms with Gasteiger partial charge in [-0.25, -0.2) is 0 Å². The topological polar surface area (TPSA) is 23.1 Å². The average molecular weight is 733 g/mol. The fourth-order valence-corrected chi connectivity index (χ4v) is 5.33. The summed E-state index contributed by atoms with van der Waals surface area (Å²) in [5.41, 5.74) is 8.23. The van der Waals surface area contributed by atoms with E-state index in [0.717, 1.165) is 31.2 Å². The molecule has 0 amide bonds. The molecule has 0 radical (unpaired) electrons. The molecule has 0 saturated carbocycles. The van der Waals surface area contributed by atoms with Gasteiger partial charge in [-0.2, -0.15) is 12.1 Å². The number of aryl methyl sites for hydroxylation is 4. The Hall–Kier alpha value is -1.93. The minimum atomic E-state index is -0.0711. The Bertz CT molecular complexity index is 1570. The number of halogens is 1. The number of hydrogen-bond acceptors (Lipinski definition) is 1. The van der Waals surface area contributed by atoms with Crippen molar-refractivity contribution in [3.05, 3.63) is 112 Å². The fraction of sp³-hybridized carbons (Fsp3) is 0.429. The third kappa shape index (κ3) is 12.6. The van der Waals surface area contributed by atoms with Crippen LogP contribution in [-0.2, 0) is 59.8 Å². The normalized spacial score (nSPS) is 11.0. The molecule has 1 nitrogen and oxygen atoms in total. The van der Waals surface area contributed by atoms with Crippen LogP contribution in [0, 0.1) is 0 Å². The van der Waals surface area contributed by atoms with Crippen molar-refractivity contribution in [1.29, 1.82) is 0 Å². The molecule has 4 heteroatoms. The van der Waals surface area contributed by atoms with Crippen molar-refractivity contribution in [2.75, 3.05) is 0 Å². The summed E-state index contributed by atoms with van der Waals surface area (Å²) in [4.78, 5) is 0. The van der Waals surface area contributed by atoms with Gasteiger partial charge in [0, 0.05) is 0 Å². The molecule has 248 valence electrons. The van der Waals surface area contributed by atoms with Crippen LogP contribution in [0.5, 0.6) is 5.75 Å². The van der Waals surface area contributed by atoms with Gasteiger partial charge in [0.25, 0.3) is 0 Å². The summed E-state index contributed by atoms with van der Waals surface area (Å²) in [6.45, 7) is 26.2. The number of benzene rings is 3. The van der Waals surface area contributed by atoms with Gasteiger partial charge in [0.05, 0.1) is 0 Å². The van der Waals surface area contributed by atoms with Crippen LogP contribution >= 0.6 is 0 Å². The largest absolute Gasteiger partial charge is 1.00 e. The standard InChI is InChI=1S/C14H22O.2C13H15.C2H6Si.ClH.Zr/c1-13(2,3)10-7-8-12(15)11(9-10)14(4,5)6;2*1-3-10-8-12-7-5-6-11(4-2)13(12)9-10;1-3-2;;/h7-9,15H,1-6H3;2*5-9H,3-4H2,1-2H3;1-2H3;1H;/q;2*-1;;;+2/p-2. The second-order valence-corrected chi connectivity index (χ2v) is 23.6. The van der Waals surface area contributed by atoms with E-state index in [0.29, 0.717) is 0 Å². The van der Waals surface area contributed by atoms with E-state index in [-0.39, 0.29) is 34.4 Å². The molecule has 46 heavy (non-hydrogen) atoms. The molecule has 5 rings (SSSR count). The molecule has 0 atom stereocenters. The second-order valence-electron chi connectivity index (χ2n) is 14.2. The fourth-order valence-electron chi connectivity index (χ4n) is 5.33. The Morgan fingerprint density at radius 2 is 1.04 bits per heavy atom. The van der Waals surface area contributed by atoms with Crippen molar-refractivity contribution in [2.24, 2.45) is 0 Å². The van der Waals surface area contributed by atoms with Crippen LogP contribution in [0.25, 0.3) is 21.5 Å². The van der Waals surface area contributed by atoms with Crippen molar-refractivity contribution in [3.8, 4) is 5.75 Å². The van der Waals surface area contributed by atoms with E-state index in [9.17, 15) is 5.11 Å². The zero-order chi connectivity index (χ0) is 33.9. The van der Waals surface area contributed by atoms with Gasteiger partial charge in [-0.05, 0) is 42.1 Å². The van der Waals surface area contributed by atoms with Crippen molar-refractivity contribution in [3.63, 3.8) is 0 Å². The van der Waals surface area contributed by atoms with Crippen molar-refractivity contribution in [2.45, 2.75) is 119 Å². The van der Waals surface area contributed by atoms with Gasteiger partial charge in [-0.15, -0.1) is 74.8 Å². The van der Waals surface area contributed by atoms with E-state index in [4.69, 9.17) is 0 Å². The van der Waals surface area contributed by atoms with E-state index >= 15 is 0 Å². The summed E-state index contributed by atoms with van der Waals surface area (Å²) in [6.07, 6.45) is 4.53. The first-order valence-corrected chi connectivity index (χ1v) is 22.9. The molecule has 0 aliphatic heterocycles. The molecule has 5 aromatic carbocycles.